The van der Waals surface area contributed by atoms with Crippen LogP contribution in [-0.2, 0) is 13.2 Å². The molecule has 0 aliphatic rings. The molecule has 68 valence electrons. The van der Waals surface area contributed by atoms with Crippen LogP contribution in [0.15, 0.2) is 5.38 Å². The van der Waals surface area contributed by atoms with Crippen molar-refractivity contribution in [2.24, 2.45) is 0 Å². The summed E-state index contributed by atoms with van der Waals surface area (Å²) in [6, 6.07) is 0.476. The van der Waals surface area contributed by atoms with Crippen LogP contribution in [0.1, 0.15) is 24.5 Å². The normalized spacial score (nSPS) is 11.0. The number of aromatic nitrogens is 1. The third-order valence-corrected chi connectivity index (χ3v) is 2.31. The van der Waals surface area contributed by atoms with E-state index in [0.29, 0.717) is 6.04 Å². The van der Waals surface area contributed by atoms with Gasteiger partial charge in [-0.25, -0.2) is 4.98 Å². The summed E-state index contributed by atoms with van der Waals surface area (Å²) in [6.07, 6.45) is 0. The second kappa shape index (κ2) is 4.54. The van der Waals surface area contributed by atoms with Gasteiger partial charge < -0.3 is 10.4 Å². The first-order chi connectivity index (χ1) is 5.72. The molecule has 0 saturated carbocycles. The minimum absolute atomic E-state index is 0.0480. The van der Waals surface area contributed by atoms with Gasteiger partial charge in [0.25, 0.3) is 0 Å². The molecule has 1 aromatic rings. The second-order valence-corrected chi connectivity index (χ2v) is 3.87. The van der Waals surface area contributed by atoms with Crippen molar-refractivity contribution in [1.82, 2.24) is 10.3 Å². The Bertz CT molecular complexity index is 235. The van der Waals surface area contributed by atoms with E-state index < -0.39 is 0 Å². The lowest BCUT2D eigenvalue weighted by atomic mass is 10.4. The van der Waals surface area contributed by atoms with Crippen LogP contribution in [0.3, 0.4) is 0 Å². The number of aliphatic hydroxyl groups excluding tert-OH is 1. The van der Waals surface area contributed by atoms with E-state index in [1.165, 1.54) is 11.3 Å². The summed E-state index contributed by atoms with van der Waals surface area (Å²) in [5.41, 5.74) is 1.01. The van der Waals surface area contributed by atoms with Crippen molar-refractivity contribution in [3.8, 4) is 0 Å². The monoisotopic (exact) mass is 186 g/mol. The van der Waals surface area contributed by atoms with E-state index in [0.717, 1.165) is 17.2 Å². The Morgan fingerprint density at radius 1 is 1.67 bits per heavy atom. The van der Waals surface area contributed by atoms with Crippen LogP contribution in [0.5, 0.6) is 0 Å². The maximum atomic E-state index is 8.76. The van der Waals surface area contributed by atoms with Crippen LogP contribution < -0.4 is 5.32 Å². The molecule has 0 aliphatic heterocycles. The quantitative estimate of drug-likeness (QED) is 0.741. The van der Waals surface area contributed by atoms with Gasteiger partial charge in [-0.2, -0.15) is 0 Å². The maximum absolute atomic E-state index is 8.76. The molecule has 0 amide bonds. The predicted molar refractivity (Wildman–Crippen MR) is 50.0 cm³/mol. The van der Waals surface area contributed by atoms with Gasteiger partial charge in [-0.05, 0) is 0 Å². The number of nitrogens with one attached hydrogen (secondary N) is 1. The molecule has 2 N–H and O–H groups in total. The van der Waals surface area contributed by atoms with Crippen molar-refractivity contribution in [2.75, 3.05) is 0 Å². The Hall–Kier alpha value is -0.450. The summed E-state index contributed by atoms with van der Waals surface area (Å²) in [6.45, 7) is 5.03. The number of aliphatic hydroxyl groups is 1. The van der Waals surface area contributed by atoms with Crippen molar-refractivity contribution in [3.63, 3.8) is 0 Å². The van der Waals surface area contributed by atoms with Gasteiger partial charge in [0.2, 0.25) is 0 Å². The van der Waals surface area contributed by atoms with Gasteiger partial charge in [-0.3, -0.25) is 0 Å². The molecule has 12 heavy (non-hydrogen) atoms. The lowest BCUT2D eigenvalue weighted by Gasteiger charge is -2.04. The lowest BCUT2D eigenvalue weighted by Crippen LogP contribution is -2.21. The molecular formula is C8H14N2OS. The zero-order valence-corrected chi connectivity index (χ0v) is 8.19. The van der Waals surface area contributed by atoms with Crippen molar-refractivity contribution in [2.45, 2.75) is 33.0 Å². The first kappa shape index (κ1) is 9.64. The average molecular weight is 186 g/mol. The zero-order valence-electron chi connectivity index (χ0n) is 7.37. The Morgan fingerprint density at radius 2 is 2.42 bits per heavy atom. The summed E-state index contributed by atoms with van der Waals surface area (Å²) in [4.78, 5) is 4.21. The van der Waals surface area contributed by atoms with Gasteiger partial charge in [-0.1, -0.05) is 13.8 Å². The molecule has 3 nitrogen and oxygen atoms in total. The molecular weight excluding hydrogens is 172 g/mol. The van der Waals surface area contributed by atoms with E-state index in [9.17, 15) is 0 Å². The molecule has 4 heteroatoms. The molecule has 0 bridgehead atoms. The zero-order chi connectivity index (χ0) is 8.97. The van der Waals surface area contributed by atoms with Gasteiger partial charge >= 0.3 is 0 Å². The summed E-state index contributed by atoms with van der Waals surface area (Å²) in [5.74, 6) is 0. The SMILES string of the molecule is CC(C)NCc1csc(CO)n1. The standard InChI is InChI=1S/C8H14N2OS/c1-6(2)9-3-7-5-12-8(4-11)10-7/h5-6,9,11H,3-4H2,1-2H3. The molecule has 0 saturated heterocycles. The molecule has 1 aromatic heterocycles. The van der Waals surface area contributed by atoms with E-state index >= 15 is 0 Å². The fourth-order valence-corrected chi connectivity index (χ4v) is 1.46. The van der Waals surface area contributed by atoms with E-state index in [1.54, 1.807) is 0 Å². The highest BCUT2D eigenvalue weighted by Gasteiger charge is 2.00. The van der Waals surface area contributed by atoms with Gasteiger partial charge in [0, 0.05) is 18.0 Å². The maximum Gasteiger partial charge on any atom is 0.118 e. The minimum atomic E-state index is 0.0480. The third-order valence-electron chi connectivity index (χ3n) is 1.43. The Balaban J connectivity index is 2.41. The summed E-state index contributed by atoms with van der Waals surface area (Å²) < 4.78 is 0. The molecule has 0 radical (unpaired) electrons. The van der Waals surface area contributed by atoms with Crippen molar-refractivity contribution >= 4 is 11.3 Å². The first-order valence-electron chi connectivity index (χ1n) is 4.00. The molecule has 1 heterocycles. The molecule has 0 aromatic carbocycles. The van der Waals surface area contributed by atoms with Crippen LogP contribution in [-0.4, -0.2) is 16.1 Å². The van der Waals surface area contributed by atoms with Crippen molar-refractivity contribution < 1.29 is 5.11 Å². The minimum Gasteiger partial charge on any atom is -0.389 e. The van der Waals surface area contributed by atoms with E-state index in [1.807, 2.05) is 5.38 Å². The van der Waals surface area contributed by atoms with Crippen molar-refractivity contribution in [3.05, 3.63) is 16.1 Å². The molecule has 0 aliphatic carbocycles. The van der Waals surface area contributed by atoms with E-state index in [2.05, 4.69) is 24.1 Å². The molecule has 0 spiro atoms. The highest BCUT2D eigenvalue weighted by atomic mass is 32.1. The lowest BCUT2D eigenvalue weighted by molar-refractivity contribution is 0.281. The van der Waals surface area contributed by atoms with Crippen LogP contribution in [0, 0.1) is 0 Å². The summed E-state index contributed by atoms with van der Waals surface area (Å²) >= 11 is 1.50. The number of hydrogen-bond donors (Lipinski definition) is 2. The van der Waals surface area contributed by atoms with Gasteiger partial charge in [0.1, 0.15) is 5.01 Å². The van der Waals surface area contributed by atoms with Gasteiger partial charge in [0.05, 0.1) is 12.3 Å². The summed E-state index contributed by atoms with van der Waals surface area (Å²) in [7, 11) is 0. The number of hydrogen-bond acceptors (Lipinski definition) is 4. The highest BCUT2D eigenvalue weighted by Crippen LogP contribution is 2.08. The fraction of sp³-hybridized carbons (Fsp3) is 0.625. The molecule has 0 atom stereocenters. The van der Waals surface area contributed by atoms with Gasteiger partial charge in [-0.15, -0.1) is 11.3 Å². The van der Waals surface area contributed by atoms with E-state index in [-0.39, 0.29) is 6.61 Å². The Morgan fingerprint density at radius 3 is 2.92 bits per heavy atom. The third kappa shape index (κ3) is 2.89. The average Bonchev–Trinajstić information content (AvgIpc) is 2.48. The van der Waals surface area contributed by atoms with Crippen molar-refractivity contribution in [1.29, 1.82) is 0 Å². The Kier molecular flexibility index (Phi) is 3.65. The second-order valence-electron chi connectivity index (χ2n) is 2.93. The first-order valence-corrected chi connectivity index (χ1v) is 4.88. The van der Waals surface area contributed by atoms with Crippen LogP contribution in [0.4, 0.5) is 0 Å². The largest absolute Gasteiger partial charge is 0.389 e. The topological polar surface area (TPSA) is 45.1 Å². The smallest absolute Gasteiger partial charge is 0.118 e. The highest BCUT2D eigenvalue weighted by molar-refractivity contribution is 7.09. The Labute approximate surface area is 76.5 Å². The van der Waals surface area contributed by atoms with Crippen LogP contribution in [0.25, 0.3) is 0 Å². The predicted octanol–water partition coefficient (Wildman–Crippen LogP) is 1.13. The number of nitrogens with zero attached hydrogens (tertiary/aromatic N) is 1. The number of thiazole rings is 1. The molecule has 1 rings (SSSR count). The van der Waals surface area contributed by atoms with Crippen LogP contribution >= 0.6 is 11.3 Å². The van der Waals surface area contributed by atoms with E-state index in [4.69, 9.17) is 5.11 Å². The molecule has 0 unspecified atom stereocenters. The molecule has 0 fully saturated rings. The van der Waals surface area contributed by atoms with Gasteiger partial charge in [0.15, 0.2) is 0 Å². The van der Waals surface area contributed by atoms with Crippen LogP contribution in [0.2, 0.25) is 0 Å². The summed E-state index contributed by atoms with van der Waals surface area (Å²) in [5, 5.41) is 14.8. The number of rotatable bonds is 4. The fourth-order valence-electron chi connectivity index (χ4n) is 0.811.